The Kier molecular flexibility index (Phi) is 5.35. The van der Waals surface area contributed by atoms with Crippen LogP contribution in [0.4, 0.5) is 5.69 Å². The standard InChI is InChI=1S/C22H24ClN5/c1-17-22(18(2)28(25-17)21-6-4-3-5-7-21)16-24-27-14-12-26(13-15-27)20-10-8-19(23)9-11-20/h3-11,16H,12-15H2,1-2H3/b24-16+. The molecule has 1 aromatic heterocycles. The number of anilines is 1. The zero-order valence-electron chi connectivity index (χ0n) is 16.2. The Morgan fingerprint density at radius 3 is 2.25 bits per heavy atom. The van der Waals surface area contributed by atoms with Crippen molar-refractivity contribution in [1.82, 2.24) is 14.8 Å². The molecule has 1 aliphatic rings. The average Bonchev–Trinajstić information content (AvgIpc) is 3.02. The molecule has 0 unspecified atom stereocenters. The van der Waals surface area contributed by atoms with E-state index in [1.54, 1.807) is 0 Å². The van der Waals surface area contributed by atoms with Gasteiger partial charge < -0.3 is 4.90 Å². The largest absolute Gasteiger partial charge is 0.368 e. The van der Waals surface area contributed by atoms with E-state index in [2.05, 4.69) is 41.1 Å². The van der Waals surface area contributed by atoms with Gasteiger partial charge in [-0.15, -0.1) is 0 Å². The van der Waals surface area contributed by atoms with Gasteiger partial charge in [0.25, 0.3) is 0 Å². The van der Waals surface area contributed by atoms with Crippen LogP contribution in [0.1, 0.15) is 17.0 Å². The molecule has 0 spiro atoms. The van der Waals surface area contributed by atoms with Gasteiger partial charge in [0.05, 0.1) is 36.4 Å². The van der Waals surface area contributed by atoms with Crippen molar-refractivity contribution in [2.45, 2.75) is 13.8 Å². The summed E-state index contributed by atoms with van der Waals surface area (Å²) in [6.07, 6.45) is 1.95. The lowest BCUT2D eigenvalue weighted by Crippen LogP contribution is -2.44. The van der Waals surface area contributed by atoms with Gasteiger partial charge in [-0.25, -0.2) is 4.68 Å². The molecule has 0 N–H and O–H groups in total. The number of hydrogen-bond acceptors (Lipinski definition) is 4. The minimum absolute atomic E-state index is 0.772. The molecule has 28 heavy (non-hydrogen) atoms. The number of hydrazone groups is 1. The van der Waals surface area contributed by atoms with Gasteiger partial charge in [-0.05, 0) is 50.2 Å². The first kappa shape index (κ1) is 18.6. The van der Waals surface area contributed by atoms with Crippen LogP contribution in [0.25, 0.3) is 5.69 Å². The van der Waals surface area contributed by atoms with E-state index in [4.69, 9.17) is 21.8 Å². The molecule has 0 radical (unpaired) electrons. The van der Waals surface area contributed by atoms with E-state index in [1.807, 2.05) is 48.2 Å². The first-order chi connectivity index (χ1) is 13.6. The summed E-state index contributed by atoms with van der Waals surface area (Å²) >= 11 is 5.99. The van der Waals surface area contributed by atoms with E-state index in [-0.39, 0.29) is 0 Å². The monoisotopic (exact) mass is 393 g/mol. The molecule has 5 nitrogen and oxygen atoms in total. The van der Waals surface area contributed by atoms with Gasteiger partial charge in [0.2, 0.25) is 0 Å². The van der Waals surface area contributed by atoms with Gasteiger partial charge >= 0.3 is 0 Å². The van der Waals surface area contributed by atoms with E-state index in [0.717, 1.165) is 53.8 Å². The smallest absolute Gasteiger partial charge is 0.0689 e. The molecular weight excluding hydrogens is 370 g/mol. The van der Waals surface area contributed by atoms with Gasteiger partial charge in [0.1, 0.15) is 0 Å². The number of piperazine rings is 1. The quantitative estimate of drug-likeness (QED) is 0.620. The first-order valence-electron chi connectivity index (χ1n) is 9.53. The third-order valence-corrected chi connectivity index (χ3v) is 5.40. The summed E-state index contributed by atoms with van der Waals surface area (Å²) < 4.78 is 1.98. The summed E-state index contributed by atoms with van der Waals surface area (Å²) in [5, 5.41) is 12.3. The number of rotatable bonds is 4. The van der Waals surface area contributed by atoms with Crippen LogP contribution in [-0.4, -0.2) is 47.2 Å². The summed E-state index contributed by atoms with van der Waals surface area (Å²) in [5.74, 6) is 0. The third kappa shape index (κ3) is 3.90. The Balaban J connectivity index is 1.43. The van der Waals surface area contributed by atoms with Crippen LogP contribution in [0, 0.1) is 13.8 Å². The highest BCUT2D eigenvalue weighted by atomic mass is 35.5. The minimum atomic E-state index is 0.772. The predicted octanol–water partition coefficient (Wildman–Crippen LogP) is 4.30. The highest BCUT2D eigenvalue weighted by Gasteiger charge is 2.16. The Morgan fingerprint density at radius 2 is 1.57 bits per heavy atom. The second-order valence-corrected chi connectivity index (χ2v) is 7.43. The number of benzene rings is 2. The number of nitrogens with zero attached hydrogens (tertiary/aromatic N) is 5. The highest BCUT2D eigenvalue weighted by molar-refractivity contribution is 6.30. The van der Waals surface area contributed by atoms with E-state index in [1.165, 1.54) is 5.69 Å². The Morgan fingerprint density at radius 1 is 0.893 bits per heavy atom. The molecule has 1 fully saturated rings. The molecule has 6 heteroatoms. The van der Waals surface area contributed by atoms with E-state index >= 15 is 0 Å². The number of aromatic nitrogens is 2. The van der Waals surface area contributed by atoms with Crippen molar-refractivity contribution in [3.8, 4) is 5.69 Å². The van der Waals surface area contributed by atoms with Crippen LogP contribution in [0.3, 0.4) is 0 Å². The fourth-order valence-corrected chi connectivity index (χ4v) is 3.65. The highest BCUT2D eigenvalue weighted by Crippen LogP contribution is 2.20. The molecule has 0 amide bonds. The maximum absolute atomic E-state index is 5.99. The summed E-state index contributed by atoms with van der Waals surface area (Å²) in [5.41, 5.74) is 5.46. The van der Waals surface area contributed by atoms with Crippen LogP contribution >= 0.6 is 11.6 Å². The van der Waals surface area contributed by atoms with Crippen LogP contribution < -0.4 is 4.90 Å². The molecule has 144 valence electrons. The fraction of sp³-hybridized carbons (Fsp3) is 0.273. The lowest BCUT2D eigenvalue weighted by atomic mass is 10.2. The van der Waals surface area contributed by atoms with Crippen molar-refractivity contribution in [1.29, 1.82) is 0 Å². The predicted molar refractivity (Wildman–Crippen MR) is 116 cm³/mol. The second-order valence-electron chi connectivity index (χ2n) is 6.99. The normalized spacial score (nSPS) is 14.8. The lowest BCUT2D eigenvalue weighted by molar-refractivity contribution is 0.272. The number of hydrogen-bond donors (Lipinski definition) is 0. The van der Waals surface area contributed by atoms with Crippen molar-refractivity contribution >= 4 is 23.5 Å². The number of para-hydroxylation sites is 1. The molecule has 2 heterocycles. The van der Waals surface area contributed by atoms with E-state index < -0.39 is 0 Å². The minimum Gasteiger partial charge on any atom is -0.368 e. The van der Waals surface area contributed by atoms with Crippen molar-refractivity contribution in [2.75, 3.05) is 31.1 Å². The Labute approximate surface area is 170 Å². The van der Waals surface area contributed by atoms with E-state index in [9.17, 15) is 0 Å². The lowest BCUT2D eigenvalue weighted by Gasteiger charge is -2.34. The molecule has 0 atom stereocenters. The second kappa shape index (κ2) is 8.07. The summed E-state index contributed by atoms with van der Waals surface area (Å²) in [6, 6.07) is 18.2. The molecule has 1 aliphatic heterocycles. The number of halogens is 1. The molecule has 0 bridgehead atoms. The van der Waals surface area contributed by atoms with Crippen molar-refractivity contribution in [3.63, 3.8) is 0 Å². The Bertz CT molecular complexity index is 955. The maximum atomic E-state index is 5.99. The zero-order valence-corrected chi connectivity index (χ0v) is 17.0. The first-order valence-corrected chi connectivity index (χ1v) is 9.91. The SMILES string of the molecule is Cc1nn(-c2ccccc2)c(C)c1/C=N/N1CCN(c2ccc(Cl)cc2)CC1. The summed E-state index contributed by atoms with van der Waals surface area (Å²) in [7, 11) is 0. The van der Waals surface area contributed by atoms with Crippen LogP contribution in [0.2, 0.25) is 5.02 Å². The van der Waals surface area contributed by atoms with Gasteiger partial charge in [-0.3, -0.25) is 5.01 Å². The van der Waals surface area contributed by atoms with Gasteiger partial charge in [0, 0.05) is 29.4 Å². The molecule has 0 saturated carbocycles. The fourth-order valence-electron chi connectivity index (χ4n) is 3.52. The summed E-state index contributed by atoms with van der Waals surface area (Å²) in [4.78, 5) is 2.37. The van der Waals surface area contributed by atoms with Crippen molar-refractivity contribution in [3.05, 3.63) is 76.6 Å². The molecule has 4 rings (SSSR count). The van der Waals surface area contributed by atoms with Gasteiger partial charge in [-0.1, -0.05) is 29.8 Å². The van der Waals surface area contributed by atoms with Gasteiger partial charge in [-0.2, -0.15) is 10.2 Å². The third-order valence-electron chi connectivity index (χ3n) is 5.15. The molecule has 1 saturated heterocycles. The number of aryl methyl sites for hydroxylation is 1. The molecule has 2 aromatic carbocycles. The van der Waals surface area contributed by atoms with Crippen LogP contribution in [0.15, 0.2) is 59.7 Å². The maximum Gasteiger partial charge on any atom is 0.0689 e. The molecular formula is C22H24ClN5. The zero-order chi connectivity index (χ0) is 19.5. The topological polar surface area (TPSA) is 36.7 Å². The molecule has 3 aromatic rings. The van der Waals surface area contributed by atoms with Gasteiger partial charge in [0.15, 0.2) is 0 Å². The Hall–Kier alpha value is -2.79. The summed E-state index contributed by atoms with van der Waals surface area (Å²) in [6.45, 7) is 7.80. The van der Waals surface area contributed by atoms with Crippen LogP contribution in [-0.2, 0) is 0 Å². The average molecular weight is 394 g/mol. The van der Waals surface area contributed by atoms with Crippen LogP contribution in [0.5, 0.6) is 0 Å². The molecule has 0 aliphatic carbocycles. The van der Waals surface area contributed by atoms with E-state index in [0.29, 0.717) is 0 Å². The van der Waals surface area contributed by atoms with Crippen molar-refractivity contribution in [2.24, 2.45) is 5.10 Å². The van der Waals surface area contributed by atoms with Crippen molar-refractivity contribution < 1.29 is 0 Å².